The summed E-state index contributed by atoms with van der Waals surface area (Å²) in [4.78, 5) is 45.4. The van der Waals surface area contributed by atoms with E-state index in [0.29, 0.717) is 37.0 Å². The number of hydrogen-bond acceptors (Lipinski definition) is 7. The lowest BCUT2D eigenvalue weighted by Gasteiger charge is -2.51. The molecule has 9 nitrogen and oxygen atoms in total. The molecule has 2 aliphatic rings. The number of carbonyl (C=O) groups excluding carboxylic acids is 2. The van der Waals surface area contributed by atoms with Crippen LogP contribution in [0.2, 0.25) is 0 Å². The average molecular weight is 779 g/mol. The molecule has 2 saturated heterocycles. The molecule has 2 unspecified atom stereocenters. The summed E-state index contributed by atoms with van der Waals surface area (Å²) >= 11 is 0.369. The number of unbranched alkanes of at least 4 members (excludes halogenated alkanes) is 1. The third-order valence-electron chi connectivity index (χ3n) is 10.3. The van der Waals surface area contributed by atoms with Gasteiger partial charge in [0.25, 0.3) is 11.8 Å². The molecule has 290 valence electrons. The predicted octanol–water partition coefficient (Wildman–Crippen LogP) is 8.28. The van der Waals surface area contributed by atoms with Crippen LogP contribution in [0.3, 0.4) is 0 Å². The quantitative estimate of drug-likeness (QED) is 0.145. The fourth-order valence-corrected chi connectivity index (χ4v) is 8.35. The van der Waals surface area contributed by atoms with Gasteiger partial charge in [0.2, 0.25) is 5.60 Å². The minimum atomic E-state index is -4.92. The van der Waals surface area contributed by atoms with Crippen molar-refractivity contribution in [3.05, 3.63) is 81.3 Å². The predicted molar refractivity (Wildman–Crippen MR) is 186 cm³/mol. The molecule has 0 saturated carbocycles. The van der Waals surface area contributed by atoms with Crippen LogP contribution in [0.25, 0.3) is 0 Å². The Kier molecular flexibility index (Phi) is 12.3. The first kappa shape index (κ1) is 40.5. The van der Waals surface area contributed by atoms with Crippen molar-refractivity contribution < 1.29 is 50.6 Å². The van der Waals surface area contributed by atoms with Crippen LogP contribution in [0, 0.1) is 11.3 Å². The van der Waals surface area contributed by atoms with Crippen molar-refractivity contribution in [1.82, 2.24) is 14.8 Å². The summed E-state index contributed by atoms with van der Waals surface area (Å²) in [7, 11) is 0. The van der Waals surface area contributed by atoms with Crippen molar-refractivity contribution >= 4 is 29.1 Å². The van der Waals surface area contributed by atoms with Gasteiger partial charge in [-0.2, -0.15) is 31.6 Å². The van der Waals surface area contributed by atoms with Gasteiger partial charge in [-0.3, -0.25) is 19.4 Å². The van der Waals surface area contributed by atoms with Crippen molar-refractivity contribution in [2.45, 2.75) is 101 Å². The van der Waals surface area contributed by atoms with Gasteiger partial charge in [0.1, 0.15) is 16.3 Å². The van der Waals surface area contributed by atoms with Gasteiger partial charge in [-0.25, -0.2) is 0 Å². The van der Waals surface area contributed by atoms with Gasteiger partial charge < -0.3 is 19.6 Å². The molecule has 16 heteroatoms. The number of rotatable bonds is 12. The Balaban J connectivity index is 1.50. The van der Waals surface area contributed by atoms with Gasteiger partial charge >= 0.3 is 18.3 Å². The van der Waals surface area contributed by atoms with Gasteiger partial charge in [-0.15, -0.1) is 11.3 Å². The number of hydrogen-bond donors (Lipinski definition) is 1. The molecule has 2 atom stereocenters. The lowest BCUT2D eigenvalue weighted by atomic mass is 9.71. The molecule has 4 heterocycles. The number of ether oxygens (including phenoxy) is 1. The maximum Gasteiger partial charge on any atom is 0.425 e. The minimum absolute atomic E-state index is 0.0166. The van der Waals surface area contributed by atoms with E-state index < -0.39 is 63.3 Å². The molecule has 0 radical (unpaired) electrons. The molecule has 2 amide bonds. The number of carbonyl (C=O) groups is 3. The summed E-state index contributed by atoms with van der Waals surface area (Å²) in [5.41, 5.74) is -3.44. The van der Waals surface area contributed by atoms with Crippen LogP contribution in [-0.2, 0) is 33.8 Å². The summed E-state index contributed by atoms with van der Waals surface area (Å²) < 4.78 is 89.5. The van der Waals surface area contributed by atoms with Crippen LogP contribution >= 0.6 is 11.3 Å². The van der Waals surface area contributed by atoms with E-state index in [4.69, 9.17) is 9.84 Å². The highest BCUT2D eigenvalue weighted by atomic mass is 32.1. The molecule has 2 fully saturated rings. The maximum absolute atomic E-state index is 14.9. The summed E-state index contributed by atoms with van der Waals surface area (Å²) in [6.07, 6.45) is -6.09. The van der Waals surface area contributed by atoms with Crippen LogP contribution in [0.4, 0.5) is 26.3 Å². The smallest absolute Gasteiger partial charge is 0.425 e. The summed E-state index contributed by atoms with van der Waals surface area (Å²) in [5.74, 6) is -2.87. The van der Waals surface area contributed by atoms with E-state index in [9.17, 15) is 46.0 Å². The van der Waals surface area contributed by atoms with Gasteiger partial charge in [0, 0.05) is 50.1 Å². The Labute approximate surface area is 312 Å². The Hall–Kier alpha value is -4.65. The van der Waals surface area contributed by atoms with Gasteiger partial charge in [0.05, 0.1) is 23.1 Å². The third kappa shape index (κ3) is 8.51. The Morgan fingerprint density at radius 3 is 2.37 bits per heavy atom. The summed E-state index contributed by atoms with van der Waals surface area (Å²) in [6, 6.07) is 11.2. The number of benzene rings is 1. The molecule has 1 N–H and O–H groups in total. The van der Waals surface area contributed by atoms with E-state index in [1.165, 1.54) is 4.90 Å². The van der Waals surface area contributed by atoms with Crippen molar-refractivity contribution in [2.24, 2.45) is 0 Å². The number of aryl methyl sites for hydroxylation is 1. The zero-order valence-corrected chi connectivity index (χ0v) is 30.3. The van der Waals surface area contributed by atoms with Crippen molar-refractivity contribution in [2.75, 3.05) is 19.6 Å². The molecule has 0 bridgehead atoms. The fourth-order valence-electron chi connectivity index (χ4n) is 7.67. The monoisotopic (exact) mass is 778 g/mol. The van der Waals surface area contributed by atoms with Gasteiger partial charge in [0.15, 0.2) is 0 Å². The van der Waals surface area contributed by atoms with Gasteiger partial charge in [-0.05, 0) is 68.2 Å². The number of carboxylic acid groups (broad SMARTS) is 1. The lowest BCUT2D eigenvalue weighted by molar-refractivity contribution is -0.160. The Morgan fingerprint density at radius 1 is 1.02 bits per heavy atom. The molecule has 54 heavy (non-hydrogen) atoms. The Morgan fingerprint density at radius 2 is 1.74 bits per heavy atom. The fraction of sp³-hybridized carbons (Fsp3) is 0.500. The first-order valence-electron chi connectivity index (χ1n) is 17.7. The number of nitrogens with zero attached hydrogens (tertiary/aromatic N) is 4. The highest BCUT2D eigenvalue weighted by molar-refractivity contribution is 7.10. The minimum Gasteiger partial charge on any atom is -0.481 e. The topological polar surface area (TPSA) is 124 Å². The number of thiophene rings is 1. The second-order valence-electron chi connectivity index (χ2n) is 13.7. The van der Waals surface area contributed by atoms with Crippen molar-refractivity contribution in [3.8, 4) is 11.8 Å². The Bertz CT molecular complexity index is 1870. The maximum atomic E-state index is 14.9. The third-order valence-corrected chi connectivity index (χ3v) is 11.2. The highest BCUT2D eigenvalue weighted by Gasteiger charge is 2.57. The standard InChI is InChI=1S/C38H40F6N4O5S/c1-2-9-29-36(53-26-22-30(54-23-26)38(42,43)44,15-8-19-48(29)33(51)32-28(37(39,40)41)13-7-18-46-32)34(52)47-20-16-35(24-45,17-21-47)27-12-5-3-10-25(27)11-4-6-14-31(49)50/h3,5,7,10,12-13,18,22-23,29H,2,4,6,8-9,11,14-17,19-21H2,1H3,(H,49,50). The van der Waals surface area contributed by atoms with Crippen LogP contribution in [0.15, 0.2) is 54.0 Å². The summed E-state index contributed by atoms with van der Waals surface area (Å²) in [5, 5.41) is 20.7. The zero-order chi connectivity index (χ0) is 39.3. The van der Waals surface area contributed by atoms with Crippen LogP contribution in [-0.4, -0.2) is 69.0 Å². The van der Waals surface area contributed by atoms with Crippen LogP contribution in [0.1, 0.15) is 96.8 Å². The largest absolute Gasteiger partial charge is 0.481 e. The van der Waals surface area contributed by atoms with E-state index in [1.807, 2.05) is 18.2 Å². The zero-order valence-electron chi connectivity index (χ0n) is 29.5. The second-order valence-corrected chi connectivity index (χ2v) is 14.6. The van der Waals surface area contributed by atoms with E-state index in [-0.39, 0.29) is 63.9 Å². The van der Waals surface area contributed by atoms with E-state index in [0.717, 1.165) is 45.8 Å². The molecular formula is C38H40F6N4O5S. The molecule has 0 spiro atoms. The number of aromatic nitrogens is 1. The number of nitriles is 1. The molecule has 5 rings (SSSR count). The number of amides is 2. The molecular weight excluding hydrogens is 738 g/mol. The number of piperidine rings is 2. The number of aliphatic carboxylic acids is 1. The van der Waals surface area contributed by atoms with Crippen molar-refractivity contribution in [1.29, 1.82) is 5.26 Å². The SMILES string of the molecule is CCCC1N(C(=O)c2ncccc2C(F)(F)F)CCCC1(Oc1csc(C(F)(F)F)c1)C(=O)N1CCC(C#N)(c2ccccc2CCCCC(=O)O)CC1. The van der Waals surface area contributed by atoms with Gasteiger partial charge in [-0.1, -0.05) is 37.6 Å². The summed E-state index contributed by atoms with van der Waals surface area (Å²) in [6.45, 7) is 1.80. The molecule has 1 aromatic carbocycles. The molecule has 0 aliphatic carbocycles. The van der Waals surface area contributed by atoms with E-state index in [1.54, 1.807) is 13.0 Å². The first-order valence-corrected chi connectivity index (χ1v) is 18.6. The van der Waals surface area contributed by atoms with Crippen molar-refractivity contribution in [3.63, 3.8) is 0 Å². The first-order chi connectivity index (χ1) is 25.6. The molecule has 2 aromatic heterocycles. The lowest BCUT2D eigenvalue weighted by Crippen LogP contribution is -2.68. The number of pyridine rings is 1. The van der Waals surface area contributed by atoms with E-state index >= 15 is 0 Å². The molecule has 3 aromatic rings. The number of carboxylic acids is 1. The molecule has 2 aliphatic heterocycles. The van der Waals surface area contributed by atoms with E-state index in [2.05, 4.69) is 11.1 Å². The number of alkyl halides is 6. The number of likely N-dealkylation sites (tertiary alicyclic amines) is 2. The van der Waals surface area contributed by atoms with Crippen LogP contribution in [0.5, 0.6) is 5.75 Å². The van der Waals surface area contributed by atoms with Crippen LogP contribution < -0.4 is 4.74 Å². The normalized spacial score (nSPS) is 20.3. The average Bonchev–Trinajstić information content (AvgIpc) is 3.63. The number of halogens is 6. The highest BCUT2D eigenvalue weighted by Crippen LogP contribution is 2.44. The second kappa shape index (κ2) is 16.4.